The Kier molecular flexibility index (Phi) is 4.48. The molecule has 0 N–H and O–H groups in total. The normalized spacial score (nSPS) is 12.4. The summed E-state index contributed by atoms with van der Waals surface area (Å²) in [7, 11) is 0. The second kappa shape index (κ2) is 4.87. The molecular formula is C12H19N. The van der Waals surface area contributed by atoms with Crippen molar-refractivity contribution >= 4 is 0 Å². The first kappa shape index (κ1) is 12.0. The molecule has 0 rings (SSSR count). The van der Waals surface area contributed by atoms with Gasteiger partial charge in [0.1, 0.15) is 0 Å². The Morgan fingerprint density at radius 3 is 2.31 bits per heavy atom. The molecule has 13 heavy (non-hydrogen) atoms. The van der Waals surface area contributed by atoms with Gasteiger partial charge in [-0.2, -0.15) is 5.26 Å². The lowest BCUT2D eigenvalue weighted by atomic mass is 9.87. The van der Waals surface area contributed by atoms with Crippen LogP contribution in [0.5, 0.6) is 0 Å². The number of hydrogen-bond donors (Lipinski definition) is 0. The lowest BCUT2D eigenvalue weighted by Gasteiger charge is -2.18. The maximum atomic E-state index is 8.75. The molecule has 0 bridgehead atoms. The molecule has 0 heterocycles. The van der Waals surface area contributed by atoms with Gasteiger partial charge in [-0.15, -0.1) is 0 Å². The van der Waals surface area contributed by atoms with Crippen molar-refractivity contribution in [3.63, 3.8) is 0 Å². The van der Waals surface area contributed by atoms with Gasteiger partial charge in [-0.25, -0.2) is 0 Å². The lowest BCUT2D eigenvalue weighted by Crippen LogP contribution is -2.05. The topological polar surface area (TPSA) is 23.8 Å². The standard InChI is InChI=1S/C12H19N/c1-6-11(9-13)10(2)7-8-12(3,4)5/h6H,2,7-8H2,1,3-5H3/b11-6-. The zero-order valence-electron chi connectivity index (χ0n) is 9.15. The van der Waals surface area contributed by atoms with Crippen molar-refractivity contribution in [3.05, 3.63) is 23.8 Å². The highest BCUT2D eigenvalue weighted by atomic mass is 14.3. The van der Waals surface area contributed by atoms with Crippen molar-refractivity contribution in [2.45, 2.75) is 40.5 Å². The quantitative estimate of drug-likeness (QED) is 0.474. The summed E-state index contributed by atoms with van der Waals surface area (Å²) in [4.78, 5) is 0. The molecule has 72 valence electrons. The molecule has 0 fully saturated rings. The van der Waals surface area contributed by atoms with E-state index in [9.17, 15) is 0 Å². The third kappa shape index (κ3) is 5.25. The van der Waals surface area contributed by atoms with Crippen molar-refractivity contribution in [3.8, 4) is 6.07 Å². The zero-order valence-corrected chi connectivity index (χ0v) is 9.15. The van der Waals surface area contributed by atoms with Crippen molar-refractivity contribution in [2.24, 2.45) is 5.41 Å². The van der Waals surface area contributed by atoms with Crippen LogP contribution in [0.2, 0.25) is 0 Å². The molecule has 0 aromatic heterocycles. The first-order valence-electron chi connectivity index (χ1n) is 4.65. The molecule has 0 aliphatic carbocycles. The average molecular weight is 177 g/mol. The highest BCUT2D eigenvalue weighted by molar-refractivity contribution is 5.39. The van der Waals surface area contributed by atoms with E-state index in [0.717, 1.165) is 24.0 Å². The van der Waals surface area contributed by atoms with Crippen LogP contribution in [0.3, 0.4) is 0 Å². The minimum absolute atomic E-state index is 0.317. The van der Waals surface area contributed by atoms with Crippen LogP contribution in [0.1, 0.15) is 40.5 Å². The van der Waals surface area contributed by atoms with E-state index in [0.29, 0.717) is 5.41 Å². The van der Waals surface area contributed by atoms with Crippen LogP contribution in [0, 0.1) is 16.7 Å². The van der Waals surface area contributed by atoms with Gasteiger partial charge in [-0.1, -0.05) is 33.4 Å². The minimum Gasteiger partial charge on any atom is -0.192 e. The molecule has 0 aromatic carbocycles. The molecule has 0 radical (unpaired) electrons. The van der Waals surface area contributed by atoms with Crippen LogP contribution in [-0.4, -0.2) is 0 Å². The van der Waals surface area contributed by atoms with E-state index < -0.39 is 0 Å². The average Bonchev–Trinajstić information content (AvgIpc) is 2.02. The Bertz CT molecular complexity index is 245. The van der Waals surface area contributed by atoms with Crippen LogP contribution in [0.4, 0.5) is 0 Å². The molecule has 0 atom stereocenters. The summed E-state index contributed by atoms with van der Waals surface area (Å²) >= 11 is 0. The van der Waals surface area contributed by atoms with Gasteiger partial charge in [0, 0.05) is 0 Å². The summed E-state index contributed by atoms with van der Waals surface area (Å²) in [6, 6.07) is 2.15. The number of nitriles is 1. The second-order valence-corrected chi connectivity index (χ2v) is 4.48. The maximum absolute atomic E-state index is 8.75. The Morgan fingerprint density at radius 2 is 2.00 bits per heavy atom. The molecule has 0 spiro atoms. The molecule has 0 saturated carbocycles. The summed E-state index contributed by atoms with van der Waals surface area (Å²) in [6.07, 6.45) is 3.81. The summed E-state index contributed by atoms with van der Waals surface area (Å²) in [5, 5.41) is 8.75. The van der Waals surface area contributed by atoms with Gasteiger partial charge in [0.05, 0.1) is 11.6 Å². The fourth-order valence-corrected chi connectivity index (χ4v) is 1.01. The molecule has 0 amide bonds. The van der Waals surface area contributed by atoms with Crippen molar-refractivity contribution in [2.75, 3.05) is 0 Å². The van der Waals surface area contributed by atoms with Crippen LogP contribution in [0.15, 0.2) is 23.8 Å². The summed E-state index contributed by atoms with van der Waals surface area (Å²) in [5.74, 6) is 0. The molecule has 0 aromatic rings. The SMILES string of the molecule is C=C(CCC(C)(C)C)/C(C#N)=C\C. The number of rotatable bonds is 3. The predicted molar refractivity (Wildman–Crippen MR) is 57.2 cm³/mol. The number of allylic oxidation sites excluding steroid dienone is 3. The van der Waals surface area contributed by atoms with E-state index in [1.165, 1.54) is 0 Å². The van der Waals surface area contributed by atoms with E-state index in [2.05, 4.69) is 33.4 Å². The van der Waals surface area contributed by atoms with E-state index in [4.69, 9.17) is 5.26 Å². The second-order valence-electron chi connectivity index (χ2n) is 4.48. The number of nitrogens with zero attached hydrogens (tertiary/aromatic N) is 1. The highest BCUT2D eigenvalue weighted by Crippen LogP contribution is 2.25. The zero-order chi connectivity index (χ0) is 10.5. The van der Waals surface area contributed by atoms with Crippen molar-refractivity contribution in [1.29, 1.82) is 5.26 Å². The summed E-state index contributed by atoms with van der Waals surface area (Å²) in [5.41, 5.74) is 2.00. The fraction of sp³-hybridized carbons (Fsp3) is 0.583. The highest BCUT2D eigenvalue weighted by Gasteiger charge is 2.11. The van der Waals surface area contributed by atoms with Crippen LogP contribution in [0.25, 0.3) is 0 Å². The largest absolute Gasteiger partial charge is 0.192 e. The van der Waals surface area contributed by atoms with Crippen LogP contribution in [-0.2, 0) is 0 Å². The van der Waals surface area contributed by atoms with E-state index >= 15 is 0 Å². The minimum atomic E-state index is 0.317. The van der Waals surface area contributed by atoms with E-state index in [-0.39, 0.29) is 0 Å². The van der Waals surface area contributed by atoms with Gasteiger partial charge in [0.25, 0.3) is 0 Å². The molecule has 1 heteroatoms. The molecule has 0 saturated heterocycles. The fourth-order valence-electron chi connectivity index (χ4n) is 1.01. The van der Waals surface area contributed by atoms with Gasteiger partial charge < -0.3 is 0 Å². The van der Waals surface area contributed by atoms with Gasteiger partial charge in [-0.3, -0.25) is 0 Å². The van der Waals surface area contributed by atoms with E-state index in [1.807, 2.05) is 13.0 Å². The monoisotopic (exact) mass is 177 g/mol. The Hall–Kier alpha value is -1.03. The van der Waals surface area contributed by atoms with Crippen molar-refractivity contribution in [1.82, 2.24) is 0 Å². The Morgan fingerprint density at radius 1 is 1.46 bits per heavy atom. The molecule has 1 nitrogen and oxygen atoms in total. The molecule has 0 aliphatic rings. The van der Waals surface area contributed by atoms with Gasteiger partial charge in [-0.05, 0) is 30.8 Å². The lowest BCUT2D eigenvalue weighted by molar-refractivity contribution is 0.379. The molecule has 0 unspecified atom stereocenters. The van der Waals surface area contributed by atoms with Gasteiger partial charge in [0.2, 0.25) is 0 Å². The smallest absolute Gasteiger partial charge is 0.0990 e. The van der Waals surface area contributed by atoms with Crippen molar-refractivity contribution < 1.29 is 0 Å². The first-order chi connectivity index (χ1) is 5.90. The summed E-state index contributed by atoms with van der Waals surface area (Å²) < 4.78 is 0. The van der Waals surface area contributed by atoms with Crippen LogP contribution < -0.4 is 0 Å². The Labute approximate surface area is 81.8 Å². The molecule has 0 aliphatic heterocycles. The third-order valence-electron chi connectivity index (χ3n) is 1.97. The summed E-state index contributed by atoms with van der Waals surface area (Å²) in [6.45, 7) is 12.4. The third-order valence-corrected chi connectivity index (χ3v) is 1.97. The predicted octanol–water partition coefficient (Wildman–Crippen LogP) is 3.84. The molecular weight excluding hydrogens is 158 g/mol. The van der Waals surface area contributed by atoms with Gasteiger partial charge >= 0.3 is 0 Å². The van der Waals surface area contributed by atoms with Crippen LogP contribution >= 0.6 is 0 Å². The maximum Gasteiger partial charge on any atom is 0.0990 e. The first-order valence-corrected chi connectivity index (χ1v) is 4.65. The Balaban J connectivity index is 4.12. The van der Waals surface area contributed by atoms with E-state index in [1.54, 1.807) is 0 Å². The number of hydrogen-bond acceptors (Lipinski definition) is 1. The van der Waals surface area contributed by atoms with Gasteiger partial charge in [0.15, 0.2) is 0 Å².